The van der Waals surface area contributed by atoms with Crippen LogP contribution >= 0.6 is 15.9 Å². The molecule has 0 aromatic heterocycles. The summed E-state index contributed by atoms with van der Waals surface area (Å²) in [6, 6.07) is 2.84. The Morgan fingerprint density at radius 1 is 1.65 bits per heavy atom. The second-order valence-electron chi connectivity index (χ2n) is 3.17. The van der Waals surface area contributed by atoms with E-state index in [4.69, 9.17) is 5.73 Å². The molecule has 0 bridgehead atoms. The number of hydrogen-bond acceptors (Lipinski definition) is 4. The average molecular weight is 303 g/mol. The summed E-state index contributed by atoms with van der Waals surface area (Å²) in [6.07, 6.45) is 1.23. The Bertz CT molecular complexity index is 426. The van der Waals surface area contributed by atoms with Crippen LogP contribution < -0.4 is 5.73 Å². The van der Waals surface area contributed by atoms with Crippen molar-refractivity contribution in [2.45, 2.75) is 6.92 Å². The molecule has 0 amide bonds. The molecular weight excluding hydrogens is 291 g/mol. The third kappa shape index (κ3) is 4.14. The zero-order chi connectivity index (χ0) is 12.8. The van der Waals surface area contributed by atoms with E-state index in [9.17, 15) is 9.18 Å². The smallest absolute Gasteiger partial charge is 0.327 e. The molecule has 92 valence electrons. The quantitative estimate of drug-likeness (QED) is 0.526. The topological polar surface area (TPSA) is 64.7 Å². The number of ether oxygens (including phenoxy) is 1. The van der Waals surface area contributed by atoms with Crippen LogP contribution in [0.25, 0.3) is 0 Å². The first-order valence-corrected chi connectivity index (χ1v) is 5.74. The molecule has 1 aromatic rings. The summed E-state index contributed by atoms with van der Waals surface area (Å²) in [5.74, 6) is -0.954. The first kappa shape index (κ1) is 13.6. The van der Waals surface area contributed by atoms with Crippen LogP contribution in [0.3, 0.4) is 0 Å². The van der Waals surface area contributed by atoms with Gasteiger partial charge in [-0.15, -0.1) is 0 Å². The van der Waals surface area contributed by atoms with E-state index < -0.39 is 11.8 Å². The Labute approximate surface area is 107 Å². The summed E-state index contributed by atoms with van der Waals surface area (Å²) in [6.45, 7) is 1.85. The third-order valence-electron chi connectivity index (χ3n) is 1.87. The monoisotopic (exact) mass is 302 g/mol. The minimum atomic E-state index is -0.496. The fourth-order valence-corrected chi connectivity index (χ4v) is 1.61. The fourth-order valence-electron chi connectivity index (χ4n) is 1.16. The van der Waals surface area contributed by atoms with Gasteiger partial charge >= 0.3 is 5.97 Å². The lowest BCUT2D eigenvalue weighted by Gasteiger charge is -2.02. The molecule has 0 unspecified atom stereocenters. The second-order valence-corrected chi connectivity index (χ2v) is 4.08. The molecule has 0 heterocycles. The number of nitrogens with zero attached hydrogens (tertiary/aromatic N) is 1. The maximum absolute atomic E-state index is 13.5. The van der Waals surface area contributed by atoms with Crippen molar-refractivity contribution in [1.29, 1.82) is 0 Å². The number of nitrogens with two attached hydrogens (primary N) is 1. The number of nitrogen functional groups attached to an aromatic ring is 1. The summed E-state index contributed by atoms with van der Waals surface area (Å²) in [4.78, 5) is 14.8. The Kier molecular flexibility index (Phi) is 5.09. The van der Waals surface area contributed by atoms with Gasteiger partial charge in [-0.05, 0) is 19.1 Å². The van der Waals surface area contributed by atoms with Crippen LogP contribution in [0, 0.1) is 5.82 Å². The van der Waals surface area contributed by atoms with Gasteiger partial charge in [-0.1, -0.05) is 15.9 Å². The van der Waals surface area contributed by atoms with Gasteiger partial charge in [-0.25, -0.2) is 4.39 Å². The van der Waals surface area contributed by atoms with Crippen molar-refractivity contribution in [3.05, 3.63) is 28.0 Å². The third-order valence-corrected chi connectivity index (χ3v) is 2.33. The Balaban J connectivity index is 2.75. The number of esters is 1. The second kappa shape index (κ2) is 6.34. The number of carbonyl (C=O) groups is 1. The first-order valence-electron chi connectivity index (χ1n) is 4.94. The highest BCUT2D eigenvalue weighted by Crippen LogP contribution is 2.20. The lowest BCUT2D eigenvalue weighted by molar-refractivity contribution is -0.141. The van der Waals surface area contributed by atoms with E-state index in [0.717, 1.165) is 0 Å². The van der Waals surface area contributed by atoms with E-state index in [-0.39, 0.29) is 17.8 Å². The highest BCUT2D eigenvalue weighted by atomic mass is 79.9. The molecule has 0 spiro atoms. The highest BCUT2D eigenvalue weighted by Gasteiger charge is 2.06. The lowest BCUT2D eigenvalue weighted by atomic mass is 10.2. The van der Waals surface area contributed by atoms with Gasteiger partial charge in [0.2, 0.25) is 0 Å². The van der Waals surface area contributed by atoms with Crippen molar-refractivity contribution in [2.24, 2.45) is 4.99 Å². The minimum Gasteiger partial charge on any atom is -0.465 e. The van der Waals surface area contributed by atoms with Crippen molar-refractivity contribution in [3.63, 3.8) is 0 Å². The molecule has 4 nitrogen and oxygen atoms in total. The summed E-state index contributed by atoms with van der Waals surface area (Å²) < 4.78 is 18.7. The molecule has 6 heteroatoms. The van der Waals surface area contributed by atoms with Gasteiger partial charge < -0.3 is 10.5 Å². The molecule has 0 atom stereocenters. The molecule has 0 saturated carbocycles. The highest BCUT2D eigenvalue weighted by molar-refractivity contribution is 9.10. The summed E-state index contributed by atoms with van der Waals surface area (Å²) >= 11 is 3.12. The first-order chi connectivity index (χ1) is 8.04. The van der Waals surface area contributed by atoms with Crippen LogP contribution in [0.4, 0.5) is 10.1 Å². The number of carbonyl (C=O) groups excluding carboxylic acids is 1. The number of halogens is 2. The van der Waals surface area contributed by atoms with Crippen LogP contribution in [0.5, 0.6) is 0 Å². The number of anilines is 1. The van der Waals surface area contributed by atoms with Crippen molar-refractivity contribution < 1.29 is 13.9 Å². The SMILES string of the molecule is CCOC(=O)CN=Cc1c(N)cc(Br)cc1F. The van der Waals surface area contributed by atoms with E-state index >= 15 is 0 Å². The zero-order valence-electron chi connectivity index (χ0n) is 9.24. The van der Waals surface area contributed by atoms with Gasteiger partial charge in [-0.2, -0.15) is 0 Å². The Hall–Kier alpha value is -1.43. The molecule has 0 fully saturated rings. The summed E-state index contributed by atoms with van der Waals surface area (Å²) in [7, 11) is 0. The zero-order valence-corrected chi connectivity index (χ0v) is 10.8. The normalized spacial score (nSPS) is 10.8. The molecule has 17 heavy (non-hydrogen) atoms. The van der Waals surface area contributed by atoms with Crippen molar-refractivity contribution >= 4 is 33.8 Å². The minimum absolute atomic E-state index is 0.150. The van der Waals surface area contributed by atoms with Gasteiger partial charge in [0.1, 0.15) is 12.4 Å². The predicted molar refractivity (Wildman–Crippen MR) is 67.6 cm³/mol. The van der Waals surface area contributed by atoms with E-state index in [1.165, 1.54) is 12.3 Å². The van der Waals surface area contributed by atoms with Crippen LogP contribution in [0.2, 0.25) is 0 Å². The molecule has 1 aromatic carbocycles. The number of aliphatic imine (C=N–C) groups is 1. The molecule has 0 aliphatic carbocycles. The van der Waals surface area contributed by atoms with E-state index in [0.29, 0.717) is 11.1 Å². The molecule has 0 saturated heterocycles. The number of hydrogen-bond donors (Lipinski definition) is 1. The van der Waals surface area contributed by atoms with Crippen LogP contribution in [-0.4, -0.2) is 25.3 Å². The Morgan fingerprint density at radius 3 is 2.94 bits per heavy atom. The van der Waals surface area contributed by atoms with E-state index in [1.54, 1.807) is 13.0 Å². The van der Waals surface area contributed by atoms with Crippen LogP contribution in [-0.2, 0) is 9.53 Å². The standard InChI is InChI=1S/C11H12BrFN2O2/c1-2-17-11(16)6-15-5-8-9(13)3-7(12)4-10(8)14/h3-5H,2,6,14H2,1H3. The Morgan fingerprint density at radius 2 is 2.35 bits per heavy atom. The summed E-state index contributed by atoms with van der Waals surface area (Å²) in [5.41, 5.74) is 6.04. The average Bonchev–Trinajstić information content (AvgIpc) is 2.22. The molecule has 1 rings (SSSR count). The molecule has 2 N–H and O–H groups in total. The van der Waals surface area contributed by atoms with Gasteiger partial charge in [0, 0.05) is 16.4 Å². The number of rotatable bonds is 4. The van der Waals surface area contributed by atoms with E-state index in [2.05, 4.69) is 25.7 Å². The molecule has 0 radical (unpaired) electrons. The summed E-state index contributed by atoms with van der Waals surface area (Å²) in [5, 5.41) is 0. The maximum atomic E-state index is 13.5. The van der Waals surface area contributed by atoms with Crippen LogP contribution in [0.15, 0.2) is 21.6 Å². The van der Waals surface area contributed by atoms with Crippen LogP contribution in [0.1, 0.15) is 12.5 Å². The predicted octanol–water partition coefficient (Wildman–Crippen LogP) is 2.15. The lowest BCUT2D eigenvalue weighted by Crippen LogP contribution is -2.08. The van der Waals surface area contributed by atoms with Crippen molar-refractivity contribution in [3.8, 4) is 0 Å². The maximum Gasteiger partial charge on any atom is 0.327 e. The molecular formula is C11H12BrFN2O2. The molecule has 0 aliphatic heterocycles. The molecule has 0 aliphatic rings. The van der Waals surface area contributed by atoms with Crippen molar-refractivity contribution in [2.75, 3.05) is 18.9 Å². The van der Waals surface area contributed by atoms with Gasteiger partial charge in [-0.3, -0.25) is 9.79 Å². The van der Waals surface area contributed by atoms with E-state index in [1.807, 2.05) is 0 Å². The fraction of sp³-hybridized carbons (Fsp3) is 0.273. The number of benzene rings is 1. The van der Waals surface area contributed by atoms with Gasteiger partial charge in [0.25, 0.3) is 0 Å². The van der Waals surface area contributed by atoms with Crippen molar-refractivity contribution in [1.82, 2.24) is 0 Å². The van der Waals surface area contributed by atoms with Gasteiger partial charge in [0.15, 0.2) is 0 Å². The van der Waals surface area contributed by atoms with Gasteiger partial charge in [0.05, 0.1) is 12.2 Å². The largest absolute Gasteiger partial charge is 0.465 e.